The third-order valence-corrected chi connectivity index (χ3v) is 10.3. The molecule has 49 heavy (non-hydrogen) atoms. The molecule has 4 heterocycles. The number of nitrogens with one attached hydrogen (secondary N) is 5. The molecule has 0 radical (unpaired) electrons. The fourth-order valence-electron chi connectivity index (χ4n) is 4.80. The second-order valence-corrected chi connectivity index (χ2v) is 14.9. The minimum absolute atomic E-state index is 0.171. The number of anilines is 2. The molecule has 0 aliphatic carbocycles. The standard InChI is InChI=1S/C32H34N10O4S3/c1-14(2)25(37-27(43)22-10-18-9-20(41-42-33)7-8-21(18)35-22)29(45)39-31-36-23(13-48-31)19-11-24(47-12-19)28(44)38-26(15(3)4)30(46)40-32-34-16(5)17(6)49-32/h7-15,25-26,35H,1-6H3,(H,37,43)(H,38,44)(H,34,40,46)(H,36,39,45)/t25-,26-/m0/s1. The van der Waals surface area contributed by atoms with Crippen LogP contribution in [0.4, 0.5) is 16.0 Å². The van der Waals surface area contributed by atoms with Crippen LogP contribution in [-0.2, 0) is 9.59 Å². The van der Waals surface area contributed by atoms with E-state index in [-0.39, 0.29) is 29.3 Å². The fraction of sp³-hybridized carbons (Fsp3) is 0.312. The Kier molecular flexibility index (Phi) is 10.8. The first-order valence-electron chi connectivity index (χ1n) is 15.2. The van der Waals surface area contributed by atoms with Crippen molar-refractivity contribution >= 4 is 84.5 Å². The molecule has 4 aromatic heterocycles. The Labute approximate surface area is 293 Å². The molecule has 0 fully saturated rings. The van der Waals surface area contributed by atoms with Crippen LogP contribution in [-0.4, -0.2) is 50.7 Å². The maximum Gasteiger partial charge on any atom is 0.268 e. The Hall–Kier alpha value is -5.09. The van der Waals surface area contributed by atoms with Gasteiger partial charge in [0.2, 0.25) is 11.8 Å². The number of rotatable bonds is 12. The average molecular weight is 719 g/mol. The van der Waals surface area contributed by atoms with E-state index in [0.29, 0.717) is 43.0 Å². The minimum atomic E-state index is -0.865. The highest BCUT2D eigenvalue weighted by Crippen LogP contribution is 2.30. The molecule has 254 valence electrons. The van der Waals surface area contributed by atoms with Crippen LogP contribution in [0.15, 0.2) is 46.2 Å². The van der Waals surface area contributed by atoms with Gasteiger partial charge in [0.05, 0.1) is 16.3 Å². The summed E-state index contributed by atoms with van der Waals surface area (Å²) in [4.78, 5) is 68.7. The minimum Gasteiger partial charge on any atom is -0.351 e. The number of H-pyrrole nitrogens is 1. The molecular formula is C32H34N10O4S3. The van der Waals surface area contributed by atoms with E-state index >= 15 is 0 Å². The summed E-state index contributed by atoms with van der Waals surface area (Å²) in [6.07, 6.45) is 0. The van der Waals surface area contributed by atoms with E-state index in [9.17, 15) is 19.2 Å². The number of thiophene rings is 1. The lowest BCUT2D eigenvalue weighted by molar-refractivity contribution is -0.119. The van der Waals surface area contributed by atoms with E-state index in [0.717, 1.165) is 10.6 Å². The molecule has 5 aromatic rings. The SMILES string of the molecule is Cc1nc(NC(=O)[C@@H](NC(=O)c2cc(-c3csc(NC(=O)[C@@H](NC(=O)c4cc5cc(N=[N+]=[N-])ccc5[nH]4)C(C)C)n3)cs2)C(C)C)sc1C. The number of amides is 4. The molecule has 14 nitrogen and oxygen atoms in total. The lowest BCUT2D eigenvalue weighted by Crippen LogP contribution is -2.47. The average Bonchev–Trinajstić information content (AvgIpc) is 3.85. The third-order valence-electron chi connectivity index (χ3n) is 7.59. The van der Waals surface area contributed by atoms with Crippen LogP contribution in [0.5, 0.6) is 0 Å². The molecule has 5 rings (SSSR count). The van der Waals surface area contributed by atoms with E-state index < -0.39 is 23.9 Å². The van der Waals surface area contributed by atoms with E-state index in [4.69, 9.17) is 5.53 Å². The van der Waals surface area contributed by atoms with Gasteiger partial charge >= 0.3 is 0 Å². The van der Waals surface area contributed by atoms with Crippen molar-refractivity contribution < 1.29 is 19.2 Å². The second kappa shape index (κ2) is 15.0. The summed E-state index contributed by atoms with van der Waals surface area (Å²) in [5, 5.41) is 19.9. The van der Waals surface area contributed by atoms with Crippen molar-refractivity contribution in [3.8, 4) is 11.3 Å². The second-order valence-electron chi connectivity index (χ2n) is 11.9. The maximum absolute atomic E-state index is 13.3. The third kappa shape index (κ3) is 8.32. The molecule has 0 saturated carbocycles. The van der Waals surface area contributed by atoms with Crippen molar-refractivity contribution in [2.45, 2.75) is 53.6 Å². The molecule has 0 unspecified atom stereocenters. The Morgan fingerprint density at radius 1 is 0.857 bits per heavy atom. The van der Waals surface area contributed by atoms with Gasteiger partial charge in [-0.3, -0.25) is 19.2 Å². The molecule has 5 N–H and O–H groups in total. The molecular weight excluding hydrogens is 685 g/mol. The number of benzene rings is 1. The van der Waals surface area contributed by atoms with Gasteiger partial charge in [-0.1, -0.05) is 38.9 Å². The molecule has 1 aromatic carbocycles. The normalized spacial score (nSPS) is 12.4. The molecule has 0 spiro atoms. The number of azide groups is 1. The van der Waals surface area contributed by atoms with Crippen molar-refractivity contribution in [1.82, 2.24) is 25.6 Å². The van der Waals surface area contributed by atoms with Gasteiger partial charge in [-0.05, 0) is 55.5 Å². The molecule has 0 aliphatic rings. The number of hydrogen-bond donors (Lipinski definition) is 5. The van der Waals surface area contributed by atoms with Crippen LogP contribution in [0.2, 0.25) is 0 Å². The Bertz CT molecular complexity index is 2070. The predicted molar refractivity (Wildman–Crippen MR) is 194 cm³/mol. The largest absolute Gasteiger partial charge is 0.351 e. The summed E-state index contributed by atoms with van der Waals surface area (Å²) in [7, 11) is 0. The van der Waals surface area contributed by atoms with Crippen LogP contribution < -0.4 is 21.3 Å². The maximum atomic E-state index is 13.3. The number of nitrogens with zero attached hydrogens (tertiary/aromatic N) is 5. The first kappa shape index (κ1) is 35.2. The highest BCUT2D eigenvalue weighted by Gasteiger charge is 2.28. The summed E-state index contributed by atoms with van der Waals surface area (Å²) >= 11 is 3.82. The van der Waals surface area contributed by atoms with Crippen LogP contribution >= 0.6 is 34.0 Å². The number of fused-ring (bicyclic) bond motifs is 1. The Balaban J connectivity index is 1.21. The number of aryl methyl sites for hydroxylation is 2. The lowest BCUT2D eigenvalue weighted by Gasteiger charge is -2.20. The number of aromatic nitrogens is 3. The van der Waals surface area contributed by atoms with Crippen LogP contribution in [0.3, 0.4) is 0 Å². The monoisotopic (exact) mass is 718 g/mol. The van der Waals surface area contributed by atoms with Crippen molar-refractivity contribution in [1.29, 1.82) is 0 Å². The van der Waals surface area contributed by atoms with E-state index in [2.05, 4.69) is 46.2 Å². The highest BCUT2D eigenvalue weighted by atomic mass is 32.1. The van der Waals surface area contributed by atoms with Gasteiger partial charge < -0.3 is 26.3 Å². The lowest BCUT2D eigenvalue weighted by atomic mass is 10.0. The van der Waals surface area contributed by atoms with E-state index in [1.54, 1.807) is 41.1 Å². The fourth-order valence-corrected chi connectivity index (χ4v) is 7.15. The van der Waals surface area contributed by atoms with E-state index in [1.165, 1.54) is 34.0 Å². The quantitative estimate of drug-likeness (QED) is 0.0514. The van der Waals surface area contributed by atoms with Gasteiger partial charge in [0.1, 0.15) is 17.8 Å². The van der Waals surface area contributed by atoms with Crippen molar-refractivity contribution in [3.63, 3.8) is 0 Å². The smallest absolute Gasteiger partial charge is 0.268 e. The molecule has 17 heteroatoms. The molecule has 0 bridgehead atoms. The van der Waals surface area contributed by atoms with Crippen molar-refractivity contribution in [3.05, 3.63) is 72.7 Å². The Morgan fingerprint density at radius 2 is 1.53 bits per heavy atom. The molecule has 0 saturated heterocycles. The summed E-state index contributed by atoms with van der Waals surface area (Å²) in [6.45, 7) is 11.2. The van der Waals surface area contributed by atoms with Gasteiger partial charge in [-0.2, -0.15) is 0 Å². The Morgan fingerprint density at radius 3 is 2.16 bits per heavy atom. The number of carbonyl (C=O) groups is 4. The molecule has 0 aliphatic heterocycles. The summed E-state index contributed by atoms with van der Waals surface area (Å²) < 4.78 is 0. The van der Waals surface area contributed by atoms with Crippen LogP contribution in [0, 0.1) is 25.7 Å². The molecule has 2 atom stereocenters. The number of carbonyl (C=O) groups excluding carboxylic acids is 4. The van der Waals surface area contributed by atoms with Gasteiger partial charge in [0.15, 0.2) is 10.3 Å². The van der Waals surface area contributed by atoms with Crippen LogP contribution in [0.1, 0.15) is 58.4 Å². The topological polar surface area (TPSA) is 207 Å². The first-order valence-corrected chi connectivity index (χ1v) is 17.8. The zero-order valence-electron chi connectivity index (χ0n) is 27.4. The highest BCUT2D eigenvalue weighted by molar-refractivity contribution is 7.16. The summed E-state index contributed by atoms with van der Waals surface area (Å²) in [5.41, 5.74) is 12.1. The van der Waals surface area contributed by atoms with E-state index in [1.807, 2.05) is 41.5 Å². The van der Waals surface area contributed by atoms with Gasteiger partial charge in [0.25, 0.3) is 11.8 Å². The summed E-state index contributed by atoms with van der Waals surface area (Å²) in [5.74, 6) is -2.04. The predicted octanol–water partition coefficient (Wildman–Crippen LogP) is 7.15. The molecule has 4 amide bonds. The summed E-state index contributed by atoms with van der Waals surface area (Å²) in [6, 6.07) is 6.68. The van der Waals surface area contributed by atoms with Crippen LogP contribution in [0.25, 0.3) is 32.6 Å². The van der Waals surface area contributed by atoms with Gasteiger partial charge in [-0.15, -0.1) is 34.0 Å². The number of hydrogen-bond acceptors (Lipinski definition) is 10. The number of thiazole rings is 2. The van der Waals surface area contributed by atoms with Gasteiger partial charge in [-0.25, -0.2) is 9.97 Å². The first-order chi connectivity index (χ1) is 23.3. The van der Waals surface area contributed by atoms with Crippen molar-refractivity contribution in [2.75, 3.05) is 10.6 Å². The number of aromatic amines is 1. The zero-order valence-corrected chi connectivity index (χ0v) is 29.9. The van der Waals surface area contributed by atoms with Gasteiger partial charge in [0, 0.05) is 42.7 Å². The van der Waals surface area contributed by atoms with Crippen molar-refractivity contribution in [2.24, 2.45) is 17.0 Å². The zero-order chi connectivity index (χ0) is 35.4.